The molecule has 2 rings (SSSR count). The minimum absolute atomic E-state index is 0.155. The average molecular weight is 298 g/mol. The van der Waals surface area contributed by atoms with Crippen molar-refractivity contribution in [2.45, 2.75) is 36.6 Å². The first kappa shape index (κ1) is 15.1. The maximum atomic E-state index is 11.5. The molecule has 0 amide bonds. The number of hydrogen-bond acceptors (Lipinski definition) is 5. The van der Waals surface area contributed by atoms with Crippen molar-refractivity contribution in [3.8, 4) is 0 Å². The Morgan fingerprint density at radius 2 is 2.15 bits per heavy atom. The van der Waals surface area contributed by atoms with Gasteiger partial charge in [0.2, 0.25) is 0 Å². The van der Waals surface area contributed by atoms with Crippen molar-refractivity contribution in [3.05, 3.63) is 18.2 Å². The quantitative estimate of drug-likeness (QED) is 0.821. The van der Waals surface area contributed by atoms with Gasteiger partial charge in [-0.2, -0.15) is 0 Å². The van der Waals surface area contributed by atoms with Gasteiger partial charge in [-0.1, -0.05) is 0 Å². The number of hydrogen-bond donors (Lipinski definition) is 2. The summed E-state index contributed by atoms with van der Waals surface area (Å²) in [6, 6.07) is 5.18. The van der Waals surface area contributed by atoms with Gasteiger partial charge in [-0.3, -0.25) is 0 Å². The van der Waals surface area contributed by atoms with Crippen LogP contribution < -0.4 is 10.6 Å². The van der Waals surface area contributed by atoms with Crippen LogP contribution in [-0.4, -0.2) is 39.0 Å². The molecule has 112 valence electrons. The highest BCUT2D eigenvalue weighted by Gasteiger charge is 2.24. The van der Waals surface area contributed by atoms with Gasteiger partial charge in [0, 0.05) is 25.4 Å². The number of aliphatic hydroxyl groups excluding tert-OH is 1. The topological polar surface area (TPSA) is 83.6 Å². The third kappa shape index (κ3) is 3.24. The first-order valence-electron chi connectivity index (χ1n) is 6.90. The summed E-state index contributed by atoms with van der Waals surface area (Å²) in [7, 11) is -3.24. The van der Waals surface area contributed by atoms with Gasteiger partial charge in [0.25, 0.3) is 0 Å². The molecule has 1 saturated heterocycles. The van der Waals surface area contributed by atoms with Crippen LogP contribution in [0.25, 0.3) is 0 Å². The predicted molar refractivity (Wildman–Crippen MR) is 80.7 cm³/mol. The molecule has 5 nitrogen and oxygen atoms in total. The smallest absolute Gasteiger partial charge is 0.175 e. The van der Waals surface area contributed by atoms with Crippen molar-refractivity contribution in [2.24, 2.45) is 0 Å². The molecule has 0 spiro atoms. The molecule has 1 aromatic carbocycles. The summed E-state index contributed by atoms with van der Waals surface area (Å²) in [6.07, 6.45) is 5.18. The van der Waals surface area contributed by atoms with Gasteiger partial charge in [-0.05, 0) is 43.9 Å². The Kier molecular flexibility index (Phi) is 4.55. The van der Waals surface area contributed by atoms with Crippen LogP contribution in [0.5, 0.6) is 0 Å². The van der Waals surface area contributed by atoms with E-state index in [4.69, 9.17) is 10.8 Å². The summed E-state index contributed by atoms with van der Waals surface area (Å²) in [4.78, 5) is 2.44. The fraction of sp³-hybridized carbons (Fsp3) is 0.571. The molecule has 0 radical (unpaired) electrons. The third-order valence-electron chi connectivity index (χ3n) is 3.83. The highest BCUT2D eigenvalue weighted by molar-refractivity contribution is 7.90. The number of anilines is 2. The van der Waals surface area contributed by atoms with E-state index in [1.54, 1.807) is 12.1 Å². The van der Waals surface area contributed by atoms with Crippen molar-refractivity contribution in [1.29, 1.82) is 0 Å². The molecule has 1 aromatic rings. The Bertz CT molecular complexity index is 570. The zero-order valence-corrected chi connectivity index (χ0v) is 12.6. The van der Waals surface area contributed by atoms with Gasteiger partial charge < -0.3 is 15.7 Å². The van der Waals surface area contributed by atoms with Gasteiger partial charge in [0.1, 0.15) is 0 Å². The van der Waals surface area contributed by atoms with E-state index in [2.05, 4.69) is 4.90 Å². The summed E-state index contributed by atoms with van der Waals surface area (Å²) in [5.74, 6) is 0. The van der Waals surface area contributed by atoms with E-state index in [0.29, 0.717) is 12.1 Å². The summed E-state index contributed by atoms with van der Waals surface area (Å²) < 4.78 is 23.1. The summed E-state index contributed by atoms with van der Waals surface area (Å²) >= 11 is 0. The van der Waals surface area contributed by atoms with E-state index in [9.17, 15) is 8.42 Å². The van der Waals surface area contributed by atoms with E-state index >= 15 is 0 Å². The van der Waals surface area contributed by atoms with Gasteiger partial charge in [0.15, 0.2) is 9.84 Å². The Hall–Kier alpha value is -1.27. The van der Waals surface area contributed by atoms with E-state index in [-0.39, 0.29) is 17.5 Å². The number of sulfone groups is 1. The van der Waals surface area contributed by atoms with E-state index < -0.39 is 9.84 Å². The van der Waals surface area contributed by atoms with Crippen molar-refractivity contribution >= 4 is 21.2 Å². The minimum atomic E-state index is -3.24. The van der Waals surface area contributed by atoms with Crippen LogP contribution in [0.3, 0.4) is 0 Å². The largest absolute Gasteiger partial charge is 0.397 e. The van der Waals surface area contributed by atoms with Crippen molar-refractivity contribution in [3.63, 3.8) is 0 Å². The molecule has 0 aliphatic carbocycles. The van der Waals surface area contributed by atoms with Gasteiger partial charge >= 0.3 is 0 Å². The van der Waals surface area contributed by atoms with Crippen LogP contribution in [0.15, 0.2) is 23.1 Å². The molecule has 6 heteroatoms. The van der Waals surface area contributed by atoms with Crippen LogP contribution in [-0.2, 0) is 9.84 Å². The first-order valence-corrected chi connectivity index (χ1v) is 8.79. The first-order chi connectivity index (χ1) is 9.43. The van der Waals surface area contributed by atoms with Crippen molar-refractivity contribution < 1.29 is 13.5 Å². The molecule has 1 aliphatic heterocycles. The maximum absolute atomic E-state index is 11.5. The molecule has 0 bridgehead atoms. The molecular formula is C14H22N2O3S. The Morgan fingerprint density at radius 1 is 1.40 bits per heavy atom. The predicted octanol–water partition coefficient (Wildman–Crippen LogP) is 1.41. The van der Waals surface area contributed by atoms with Crippen molar-refractivity contribution in [2.75, 3.05) is 30.0 Å². The number of aliphatic hydroxyl groups is 1. The number of nitrogens with two attached hydrogens (primary N) is 1. The van der Waals surface area contributed by atoms with Gasteiger partial charge in [-0.25, -0.2) is 8.42 Å². The molecule has 3 N–H and O–H groups in total. The van der Waals surface area contributed by atoms with Gasteiger partial charge in [-0.15, -0.1) is 0 Å². The third-order valence-corrected chi connectivity index (χ3v) is 4.94. The normalized spacial score (nSPS) is 20.1. The summed E-state index contributed by atoms with van der Waals surface area (Å²) in [6.45, 7) is 1.05. The van der Waals surface area contributed by atoms with E-state index in [1.807, 2.05) is 0 Å². The van der Waals surface area contributed by atoms with Gasteiger partial charge in [0.05, 0.1) is 16.3 Å². The van der Waals surface area contributed by atoms with E-state index in [0.717, 1.165) is 31.5 Å². The van der Waals surface area contributed by atoms with E-state index in [1.165, 1.54) is 12.3 Å². The minimum Gasteiger partial charge on any atom is -0.397 e. The Balaban J connectivity index is 2.31. The second-order valence-electron chi connectivity index (χ2n) is 5.35. The number of nitrogen functional groups attached to an aromatic ring is 1. The molecule has 20 heavy (non-hydrogen) atoms. The van der Waals surface area contributed by atoms with Crippen LogP contribution in [0.1, 0.15) is 25.7 Å². The standard InChI is InChI=1S/C14H22N2O3S/c1-20(18,19)12-5-6-14(13(15)10-12)16-8-3-2-4-11(16)7-9-17/h5-6,10-11,17H,2-4,7-9,15H2,1H3. The molecule has 0 saturated carbocycles. The molecule has 0 aromatic heterocycles. The highest BCUT2D eigenvalue weighted by atomic mass is 32.2. The lowest BCUT2D eigenvalue weighted by Gasteiger charge is -2.38. The monoisotopic (exact) mass is 298 g/mol. The van der Waals surface area contributed by atoms with Crippen molar-refractivity contribution in [1.82, 2.24) is 0 Å². The lowest BCUT2D eigenvalue weighted by atomic mass is 9.98. The Morgan fingerprint density at radius 3 is 2.75 bits per heavy atom. The molecule has 1 unspecified atom stereocenters. The van der Waals surface area contributed by atoms with Crippen LogP contribution >= 0.6 is 0 Å². The lowest BCUT2D eigenvalue weighted by Crippen LogP contribution is -2.40. The molecule has 1 fully saturated rings. The maximum Gasteiger partial charge on any atom is 0.175 e. The number of nitrogens with zero attached hydrogens (tertiary/aromatic N) is 1. The molecule has 1 aliphatic rings. The average Bonchev–Trinajstić information content (AvgIpc) is 2.39. The van der Waals surface area contributed by atoms with Crippen LogP contribution in [0.4, 0.5) is 11.4 Å². The summed E-state index contributed by atoms with van der Waals surface area (Å²) in [5, 5.41) is 9.17. The summed E-state index contributed by atoms with van der Waals surface area (Å²) in [5.41, 5.74) is 7.39. The van der Waals surface area contributed by atoms with Crippen LogP contribution in [0, 0.1) is 0 Å². The molecule has 1 atom stereocenters. The molecular weight excluding hydrogens is 276 g/mol. The zero-order valence-electron chi connectivity index (χ0n) is 11.7. The number of piperidine rings is 1. The highest BCUT2D eigenvalue weighted by Crippen LogP contribution is 2.32. The zero-order chi connectivity index (χ0) is 14.8. The molecule has 1 heterocycles. The fourth-order valence-electron chi connectivity index (χ4n) is 2.79. The lowest BCUT2D eigenvalue weighted by molar-refractivity contribution is 0.262. The fourth-order valence-corrected chi connectivity index (χ4v) is 3.45. The second-order valence-corrected chi connectivity index (χ2v) is 7.36. The Labute approximate surface area is 120 Å². The van der Waals surface area contributed by atoms with Crippen LogP contribution in [0.2, 0.25) is 0 Å². The second kappa shape index (κ2) is 6.01. The SMILES string of the molecule is CS(=O)(=O)c1ccc(N2CCCCC2CCO)c(N)c1. The number of benzene rings is 1. The number of rotatable bonds is 4.